The van der Waals surface area contributed by atoms with Crippen LogP contribution in [-0.2, 0) is 0 Å². The largest absolute Gasteiger partial charge is 0.356 e. The summed E-state index contributed by atoms with van der Waals surface area (Å²) in [6.07, 6.45) is 1.28. The van der Waals surface area contributed by atoms with Gasteiger partial charge in [0.2, 0.25) is 0 Å². The van der Waals surface area contributed by atoms with Crippen LogP contribution in [0.5, 0.6) is 0 Å². The molecule has 1 aliphatic heterocycles. The lowest BCUT2D eigenvalue weighted by Gasteiger charge is -2.35. The lowest BCUT2D eigenvalue weighted by atomic mass is 9.86. The maximum Gasteiger partial charge on any atom is 0.267 e. The fourth-order valence-electron chi connectivity index (χ4n) is 2.62. The molecule has 1 aliphatic rings. The van der Waals surface area contributed by atoms with Gasteiger partial charge < -0.3 is 4.90 Å². The van der Waals surface area contributed by atoms with E-state index >= 15 is 0 Å². The number of aromatic nitrogens is 1. The highest BCUT2D eigenvalue weighted by atomic mass is 19.3. The highest BCUT2D eigenvalue weighted by Crippen LogP contribution is 2.32. The zero-order valence-electron chi connectivity index (χ0n) is 10.9. The molecule has 0 bridgehead atoms. The quantitative estimate of drug-likeness (QED) is 0.813. The maximum atomic E-state index is 12.9. The smallest absolute Gasteiger partial charge is 0.267 e. The number of anilines is 1. The second-order valence-corrected chi connectivity index (χ2v) is 5.29. The van der Waals surface area contributed by atoms with Gasteiger partial charge in [-0.2, -0.15) is 0 Å². The minimum atomic E-state index is -2.45. The topological polar surface area (TPSA) is 16.1 Å². The summed E-state index contributed by atoms with van der Waals surface area (Å²) in [4.78, 5) is 6.14. The molecule has 0 aromatic carbocycles. The normalized spacial score (nSPS) is 17.8. The molecule has 2 heterocycles. The molecular weight excluding hydrogens is 234 g/mol. The molecule has 0 unspecified atom stereocenters. The summed E-state index contributed by atoms with van der Waals surface area (Å²) in [6.45, 7) is 6.12. The van der Waals surface area contributed by atoms with Crippen LogP contribution in [0.2, 0.25) is 0 Å². The Hall–Kier alpha value is -1.19. The van der Waals surface area contributed by atoms with Crippen molar-refractivity contribution in [3.05, 3.63) is 23.9 Å². The Morgan fingerprint density at radius 2 is 1.94 bits per heavy atom. The monoisotopic (exact) mass is 254 g/mol. The van der Waals surface area contributed by atoms with Crippen molar-refractivity contribution >= 4 is 5.82 Å². The molecule has 1 aromatic heterocycles. The van der Waals surface area contributed by atoms with E-state index in [4.69, 9.17) is 0 Å². The van der Waals surface area contributed by atoms with Gasteiger partial charge in [0.1, 0.15) is 5.82 Å². The first-order valence-corrected chi connectivity index (χ1v) is 6.57. The van der Waals surface area contributed by atoms with Crippen LogP contribution in [0.3, 0.4) is 0 Å². The molecule has 1 aromatic rings. The summed E-state index contributed by atoms with van der Waals surface area (Å²) in [6, 6.07) is 3.05. The Kier molecular flexibility index (Phi) is 4.15. The Labute approximate surface area is 107 Å². The Balaban J connectivity index is 2.10. The fourth-order valence-corrected chi connectivity index (χ4v) is 2.62. The Morgan fingerprint density at radius 1 is 1.28 bits per heavy atom. The van der Waals surface area contributed by atoms with Crippen LogP contribution in [0.15, 0.2) is 18.3 Å². The van der Waals surface area contributed by atoms with Gasteiger partial charge in [-0.05, 0) is 36.8 Å². The summed E-state index contributed by atoms with van der Waals surface area (Å²) in [7, 11) is 0. The lowest BCUT2D eigenvalue weighted by Crippen LogP contribution is -2.36. The van der Waals surface area contributed by atoms with Gasteiger partial charge in [0.15, 0.2) is 0 Å². The molecule has 2 nitrogen and oxygen atoms in total. The highest BCUT2D eigenvalue weighted by Gasteiger charge is 2.25. The number of alkyl halides is 2. The standard InChI is InChI=1S/C14H20F2N2/c1-10(2)11-5-8-18(9-6-11)14-12(13(15)16)4-3-7-17-14/h3-4,7,10-11,13H,5-6,8-9H2,1-2H3. The van der Waals surface area contributed by atoms with Gasteiger partial charge in [0.05, 0.1) is 5.56 Å². The van der Waals surface area contributed by atoms with Crippen LogP contribution in [0, 0.1) is 11.8 Å². The van der Waals surface area contributed by atoms with Gasteiger partial charge >= 0.3 is 0 Å². The number of pyridine rings is 1. The van der Waals surface area contributed by atoms with Gasteiger partial charge in [0, 0.05) is 19.3 Å². The zero-order valence-corrected chi connectivity index (χ0v) is 10.9. The SMILES string of the molecule is CC(C)C1CCN(c2ncccc2C(F)F)CC1. The molecule has 0 saturated carbocycles. The van der Waals surface area contributed by atoms with Gasteiger partial charge in [-0.15, -0.1) is 0 Å². The van der Waals surface area contributed by atoms with E-state index in [-0.39, 0.29) is 5.56 Å². The van der Waals surface area contributed by atoms with E-state index in [1.165, 1.54) is 6.07 Å². The van der Waals surface area contributed by atoms with Crippen LogP contribution >= 0.6 is 0 Å². The molecule has 0 spiro atoms. The van der Waals surface area contributed by atoms with Crippen LogP contribution in [0.25, 0.3) is 0 Å². The summed E-state index contributed by atoms with van der Waals surface area (Å²) < 4.78 is 25.8. The van der Waals surface area contributed by atoms with E-state index in [0.29, 0.717) is 17.7 Å². The van der Waals surface area contributed by atoms with Gasteiger partial charge in [-0.25, -0.2) is 13.8 Å². The third-order valence-electron chi connectivity index (χ3n) is 3.83. The van der Waals surface area contributed by atoms with E-state index < -0.39 is 6.43 Å². The molecule has 0 radical (unpaired) electrons. The third kappa shape index (κ3) is 2.79. The lowest BCUT2D eigenvalue weighted by molar-refractivity contribution is 0.151. The van der Waals surface area contributed by atoms with Crippen molar-refractivity contribution < 1.29 is 8.78 Å². The van der Waals surface area contributed by atoms with Crippen molar-refractivity contribution in [1.82, 2.24) is 4.98 Å². The van der Waals surface area contributed by atoms with Crippen LogP contribution in [0.4, 0.5) is 14.6 Å². The first kappa shape index (κ1) is 13.2. The van der Waals surface area contributed by atoms with E-state index in [1.54, 1.807) is 12.3 Å². The summed E-state index contributed by atoms with van der Waals surface area (Å²) in [5.41, 5.74) is 0.0560. The predicted molar refractivity (Wildman–Crippen MR) is 69.0 cm³/mol. The molecule has 2 rings (SSSR count). The zero-order chi connectivity index (χ0) is 13.1. The second kappa shape index (κ2) is 5.63. The first-order valence-electron chi connectivity index (χ1n) is 6.57. The van der Waals surface area contributed by atoms with Crippen molar-refractivity contribution in [2.75, 3.05) is 18.0 Å². The molecule has 0 N–H and O–H groups in total. The minimum Gasteiger partial charge on any atom is -0.356 e. The maximum absolute atomic E-state index is 12.9. The van der Waals surface area contributed by atoms with Crippen molar-refractivity contribution in [3.63, 3.8) is 0 Å². The average molecular weight is 254 g/mol. The molecule has 18 heavy (non-hydrogen) atoms. The average Bonchev–Trinajstić information content (AvgIpc) is 2.39. The number of hydrogen-bond donors (Lipinski definition) is 0. The number of halogens is 2. The molecular formula is C14H20F2N2. The number of nitrogens with zero attached hydrogens (tertiary/aromatic N) is 2. The fraction of sp³-hybridized carbons (Fsp3) is 0.643. The van der Waals surface area contributed by atoms with E-state index in [0.717, 1.165) is 25.9 Å². The summed E-state index contributed by atoms with van der Waals surface area (Å²) in [5.74, 6) is 1.85. The van der Waals surface area contributed by atoms with Gasteiger partial charge in [0.25, 0.3) is 6.43 Å². The van der Waals surface area contributed by atoms with Gasteiger partial charge in [-0.3, -0.25) is 0 Å². The molecule has 1 fully saturated rings. The predicted octanol–water partition coefficient (Wildman–Crippen LogP) is 3.89. The second-order valence-electron chi connectivity index (χ2n) is 5.29. The number of piperidine rings is 1. The Bertz CT molecular complexity index is 385. The molecule has 0 atom stereocenters. The summed E-state index contributed by atoms with van der Waals surface area (Å²) >= 11 is 0. The number of rotatable bonds is 3. The summed E-state index contributed by atoms with van der Waals surface area (Å²) in [5, 5.41) is 0. The van der Waals surface area contributed by atoms with E-state index in [1.807, 2.05) is 4.90 Å². The van der Waals surface area contributed by atoms with Gasteiger partial charge in [-0.1, -0.05) is 13.8 Å². The first-order chi connectivity index (χ1) is 8.59. The Morgan fingerprint density at radius 3 is 2.50 bits per heavy atom. The van der Waals surface area contributed by atoms with Crippen LogP contribution in [-0.4, -0.2) is 18.1 Å². The van der Waals surface area contributed by atoms with E-state index in [2.05, 4.69) is 18.8 Å². The molecule has 0 aliphatic carbocycles. The van der Waals surface area contributed by atoms with Crippen molar-refractivity contribution in [2.45, 2.75) is 33.1 Å². The van der Waals surface area contributed by atoms with Crippen molar-refractivity contribution in [1.29, 1.82) is 0 Å². The van der Waals surface area contributed by atoms with Crippen LogP contribution in [0.1, 0.15) is 38.7 Å². The molecule has 0 amide bonds. The highest BCUT2D eigenvalue weighted by molar-refractivity contribution is 5.47. The molecule has 100 valence electrons. The molecule has 4 heteroatoms. The minimum absolute atomic E-state index is 0.0560. The number of hydrogen-bond acceptors (Lipinski definition) is 2. The van der Waals surface area contributed by atoms with Crippen molar-refractivity contribution in [3.8, 4) is 0 Å². The molecule has 1 saturated heterocycles. The van der Waals surface area contributed by atoms with Crippen molar-refractivity contribution in [2.24, 2.45) is 11.8 Å². The third-order valence-corrected chi connectivity index (χ3v) is 3.83. The van der Waals surface area contributed by atoms with Crippen LogP contribution < -0.4 is 4.90 Å². The van der Waals surface area contributed by atoms with E-state index in [9.17, 15) is 8.78 Å².